The number of guanidine groups is 1. The number of hydrogen-bond acceptors (Lipinski definition) is 5. The first kappa shape index (κ1) is 27.0. The number of nitrogens with zero attached hydrogens (tertiary/aromatic N) is 2. The van der Waals surface area contributed by atoms with Crippen LogP contribution in [-0.4, -0.2) is 53.0 Å². The van der Waals surface area contributed by atoms with E-state index in [-0.39, 0.29) is 35.4 Å². The highest BCUT2D eigenvalue weighted by Gasteiger charge is 2.20. The fourth-order valence-corrected chi connectivity index (χ4v) is 3.82. The normalized spacial score (nSPS) is 11.6. The predicted molar refractivity (Wildman–Crippen MR) is 135 cm³/mol. The van der Waals surface area contributed by atoms with Crippen LogP contribution in [0.25, 0.3) is 0 Å². The molecular weight excluding hydrogens is 531 g/mol. The van der Waals surface area contributed by atoms with Crippen LogP contribution in [-0.2, 0) is 16.6 Å². The Morgan fingerprint density at radius 2 is 1.81 bits per heavy atom. The van der Waals surface area contributed by atoms with Gasteiger partial charge >= 0.3 is 0 Å². The Kier molecular flexibility index (Phi) is 11.1. The van der Waals surface area contributed by atoms with Gasteiger partial charge in [-0.2, -0.15) is 0 Å². The van der Waals surface area contributed by atoms with Crippen molar-refractivity contribution in [1.82, 2.24) is 9.62 Å². The van der Waals surface area contributed by atoms with Crippen LogP contribution in [0.4, 0.5) is 5.69 Å². The van der Waals surface area contributed by atoms with Crippen molar-refractivity contribution < 1.29 is 17.9 Å². The van der Waals surface area contributed by atoms with E-state index in [2.05, 4.69) is 15.6 Å². The summed E-state index contributed by atoms with van der Waals surface area (Å²) in [4.78, 5) is 4.82. The molecule has 0 bridgehead atoms. The largest absolute Gasteiger partial charge is 0.493 e. The lowest BCUT2D eigenvalue weighted by Crippen LogP contribution is -2.30. The predicted octanol–water partition coefficient (Wildman–Crippen LogP) is 3.54. The summed E-state index contributed by atoms with van der Waals surface area (Å²) in [5.41, 5.74) is 1.39. The van der Waals surface area contributed by atoms with Crippen molar-refractivity contribution in [3.05, 3.63) is 48.0 Å². The van der Waals surface area contributed by atoms with E-state index in [1.807, 2.05) is 32.0 Å². The van der Waals surface area contributed by atoms with Crippen molar-refractivity contribution in [2.75, 3.05) is 39.7 Å². The van der Waals surface area contributed by atoms with E-state index in [1.165, 1.54) is 18.4 Å². The number of sulfonamides is 1. The molecule has 31 heavy (non-hydrogen) atoms. The molecule has 0 aliphatic rings. The van der Waals surface area contributed by atoms with Crippen LogP contribution < -0.4 is 20.1 Å². The summed E-state index contributed by atoms with van der Waals surface area (Å²) in [6.07, 6.45) is 0. The zero-order chi connectivity index (χ0) is 22.1. The van der Waals surface area contributed by atoms with Crippen molar-refractivity contribution in [3.8, 4) is 11.5 Å². The maximum atomic E-state index is 12.6. The van der Waals surface area contributed by atoms with E-state index >= 15 is 0 Å². The number of nitrogens with one attached hydrogen (secondary N) is 2. The van der Waals surface area contributed by atoms with Gasteiger partial charge in [-0.3, -0.25) is 0 Å². The number of methoxy groups -OCH3 is 1. The van der Waals surface area contributed by atoms with Gasteiger partial charge in [-0.1, -0.05) is 18.2 Å². The Labute approximate surface area is 202 Å². The molecule has 0 aromatic heterocycles. The molecule has 0 aliphatic carbocycles. The Hall–Kier alpha value is -2.05. The highest BCUT2D eigenvalue weighted by Crippen LogP contribution is 2.30. The minimum atomic E-state index is -3.55. The maximum absolute atomic E-state index is 12.6. The SMILES string of the molecule is CCNC(=NCc1ccccc1S(=O)(=O)N(C)C)Nc1ccc(OC)c(OCC)c1.I. The van der Waals surface area contributed by atoms with Gasteiger partial charge in [0, 0.05) is 32.4 Å². The summed E-state index contributed by atoms with van der Waals surface area (Å²) in [6, 6.07) is 12.4. The van der Waals surface area contributed by atoms with Crippen LogP contribution >= 0.6 is 24.0 Å². The Bertz CT molecular complexity index is 981. The van der Waals surface area contributed by atoms with Crippen LogP contribution in [0.3, 0.4) is 0 Å². The second kappa shape index (κ2) is 12.7. The minimum Gasteiger partial charge on any atom is -0.493 e. The molecule has 0 amide bonds. The lowest BCUT2D eigenvalue weighted by Gasteiger charge is -2.16. The third-order valence-corrected chi connectivity index (χ3v) is 6.12. The summed E-state index contributed by atoms with van der Waals surface area (Å²) in [5.74, 6) is 1.80. The van der Waals surface area contributed by atoms with E-state index < -0.39 is 10.0 Å². The third-order valence-electron chi connectivity index (χ3n) is 4.21. The van der Waals surface area contributed by atoms with Crippen LogP contribution in [0.1, 0.15) is 19.4 Å². The van der Waals surface area contributed by atoms with Gasteiger partial charge < -0.3 is 20.1 Å². The molecule has 0 spiro atoms. The van der Waals surface area contributed by atoms with Crippen molar-refractivity contribution in [1.29, 1.82) is 0 Å². The smallest absolute Gasteiger partial charge is 0.242 e. The lowest BCUT2D eigenvalue weighted by atomic mass is 10.2. The number of anilines is 1. The Morgan fingerprint density at radius 1 is 1.10 bits per heavy atom. The molecular formula is C21H31IN4O4S. The summed E-state index contributed by atoms with van der Waals surface area (Å²) in [7, 11) is 1.07. The maximum Gasteiger partial charge on any atom is 0.242 e. The third kappa shape index (κ3) is 7.25. The van der Waals surface area contributed by atoms with Gasteiger partial charge in [0.2, 0.25) is 10.0 Å². The molecule has 8 nitrogen and oxygen atoms in total. The summed E-state index contributed by atoms with van der Waals surface area (Å²) < 4.78 is 37.3. The topological polar surface area (TPSA) is 92.3 Å². The van der Waals surface area contributed by atoms with Crippen LogP contribution in [0.2, 0.25) is 0 Å². The molecule has 0 fully saturated rings. The van der Waals surface area contributed by atoms with E-state index in [9.17, 15) is 8.42 Å². The fourth-order valence-electron chi connectivity index (χ4n) is 2.71. The number of halogens is 1. The first-order valence-electron chi connectivity index (χ1n) is 9.70. The highest BCUT2D eigenvalue weighted by atomic mass is 127. The van der Waals surface area contributed by atoms with Crippen LogP contribution in [0.15, 0.2) is 52.4 Å². The van der Waals surface area contributed by atoms with E-state index in [0.717, 1.165) is 5.69 Å². The fraction of sp³-hybridized carbons (Fsp3) is 0.381. The molecule has 2 aromatic carbocycles. The van der Waals surface area contributed by atoms with Gasteiger partial charge in [0.1, 0.15) is 0 Å². The molecule has 0 saturated carbocycles. The average Bonchev–Trinajstić information content (AvgIpc) is 2.72. The summed E-state index contributed by atoms with van der Waals surface area (Å²) >= 11 is 0. The van der Waals surface area contributed by atoms with E-state index in [1.54, 1.807) is 31.4 Å². The molecule has 0 radical (unpaired) electrons. The molecule has 0 unspecified atom stereocenters. The molecule has 0 aliphatic heterocycles. The lowest BCUT2D eigenvalue weighted by molar-refractivity contribution is 0.311. The highest BCUT2D eigenvalue weighted by molar-refractivity contribution is 14.0. The number of hydrogen-bond donors (Lipinski definition) is 2. The van der Waals surface area contributed by atoms with Gasteiger partial charge in [0.15, 0.2) is 17.5 Å². The minimum absolute atomic E-state index is 0. The zero-order valence-corrected chi connectivity index (χ0v) is 21.7. The quantitative estimate of drug-likeness (QED) is 0.276. The van der Waals surface area contributed by atoms with Gasteiger partial charge in [-0.05, 0) is 37.6 Å². The molecule has 0 heterocycles. The molecule has 0 atom stereocenters. The molecule has 2 rings (SSSR count). The van der Waals surface area contributed by atoms with Gasteiger partial charge in [-0.25, -0.2) is 17.7 Å². The first-order valence-corrected chi connectivity index (χ1v) is 11.1. The van der Waals surface area contributed by atoms with Crippen molar-refractivity contribution in [2.45, 2.75) is 25.3 Å². The van der Waals surface area contributed by atoms with Crippen molar-refractivity contribution in [2.24, 2.45) is 4.99 Å². The van der Waals surface area contributed by atoms with Crippen LogP contribution in [0.5, 0.6) is 11.5 Å². The van der Waals surface area contributed by atoms with Crippen LogP contribution in [0, 0.1) is 0 Å². The second-order valence-corrected chi connectivity index (χ2v) is 8.63. The Balaban J connectivity index is 0.00000480. The number of benzene rings is 2. The Morgan fingerprint density at radius 3 is 2.42 bits per heavy atom. The average molecular weight is 562 g/mol. The number of ether oxygens (including phenoxy) is 2. The monoisotopic (exact) mass is 562 g/mol. The van der Waals surface area contributed by atoms with E-state index in [0.29, 0.717) is 36.2 Å². The summed E-state index contributed by atoms with van der Waals surface area (Å²) in [5, 5.41) is 6.39. The second-order valence-electron chi connectivity index (χ2n) is 6.51. The molecule has 172 valence electrons. The van der Waals surface area contributed by atoms with Gasteiger partial charge in [0.25, 0.3) is 0 Å². The standard InChI is InChI=1S/C21H30N4O4S.HI/c1-6-22-21(24-17-12-13-18(28-5)19(14-17)29-7-2)23-15-16-10-8-9-11-20(16)30(26,27)25(3)4;/h8-14H,6-7,15H2,1-5H3,(H2,22,23,24);1H. The molecule has 2 aromatic rings. The molecule has 0 saturated heterocycles. The summed E-state index contributed by atoms with van der Waals surface area (Å²) in [6.45, 7) is 5.24. The zero-order valence-electron chi connectivity index (χ0n) is 18.5. The van der Waals surface area contributed by atoms with Gasteiger partial charge in [-0.15, -0.1) is 24.0 Å². The van der Waals surface area contributed by atoms with Crippen molar-refractivity contribution in [3.63, 3.8) is 0 Å². The number of aliphatic imine (C=N–C) groups is 1. The van der Waals surface area contributed by atoms with E-state index in [4.69, 9.17) is 9.47 Å². The first-order chi connectivity index (χ1) is 14.3. The number of rotatable bonds is 9. The van der Waals surface area contributed by atoms with Gasteiger partial charge in [0.05, 0.1) is 25.2 Å². The molecule has 2 N–H and O–H groups in total. The molecule has 10 heteroatoms. The van der Waals surface area contributed by atoms with Crippen molar-refractivity contribution >= 4 is 45.6 Å².